The number of aryl methyl sites for hydroxylation is 1. The van der Waals surface area contributed by atoms with Crippen LogP contribution >= 0.6 is 0 Å². The van der Waals surface area contributed by atoms with Crippen LogP contribution in [0.5, 0.6) is 0 Å². The summed E-state index contributed by atoms with van der Waals surface area (Å²) >= 11 is 0. The summed E-state index contributed by atoms with van der Waals surface area (Å²) in [7, 11) is 1.94. The average molecular weight is 339 g/mol. The maximum atomic E-state index is 9.99. The summed E-state index contributed by atoms with van der Waals surface area (Å²) in [6.45, 7) is 4.25. The van der Waals surface area contributed by atoms with Gasteiger partial charge in [-0.25, -0.2) is 4.98 Å². The van der Waals surface area contributed by atoms with Crippen molar-refractivity contribution < 1.29 is 5.11 Å². The second-order valence-corrected chi connectivity index (χ2v) is 6.27. The second kappa shape index (κ2) is 6.29. The van der Waals surface area contributed by atoms with Crippen molar-refractivity contribution in [2.75, 3.05) is 11.4 Å². The molecule has 1 aliphatic rings. The Balaban J connectivity index is 1.53. The van der Waals surface area contributed by atoms with E-state index in [1.807, 2.05) is 47.6 Å². The van der Waals surface area contributed by atoms with Gasteiger partial charge in [-0.2, -0.15) is 5.10 Å². The molecule has 0 saturated heterocycles. The van der Waals surface area contributed by atoms with Gasteiger partial charge < -0.3 is 14.6 Å². The van der Waals surface area contributed by atoms with Gasteiger partial charge in [0.15, 0.2) is 11.6 Å². The highest BCUT2D eigenvalue weighted by molar-refractivity contribution is 5.52. The molecule has 4 heterocycles. The molecule has 1 N–H and O–H groups in total. The van der Waals surface area contributed by atoms with Crippen LogP contribution in [-0.4, -0.2) is 41.2 Å². The molecular weight excluding hydrogens is 318 g/mol. The molecule has 25 heavy (non-hydrogen) atoms. The van der Waals surface area contributed by atoms with Crippen molar-refractivity contribution >= 4 is 5.82 Å². The number of fused-ring (bicyclic) bond motifs is 1. The van der Waals surface area contributed by atoms with Gasteiger partial charge in [-0.05, 0) is 24.6 Å². The number of rotatable bonds is 4. The lowest BCUT2D eigenvalue weighted by molar-refractivity contribution is 0.168. The Labute approximate surface area is 145 Å². The molecule has 3 aromatic heterocycles. The summed E-state index contributed by atoms with van der Waals surface area (Å²) in [5, 5.41) is 23.2. The van der Waals surface area contributed by atoms with Gasteiger partial charge in [-0.3, -0.25) is 4.68 Å². The van der Waals surface area contributed by atoms with Gasteiger partial charge in [0.05, 0.1) is 30.6 Å². The second-order valence-electron chi connectivity index (χ2n) is 6.27. The zero-order valence-electron chi connectivity index (χ0n) is 14.4. The Morgan fingerprint density at radius 2 is 2.12 bits per heavy atom. The van der Waals surface area contributed by atoms with E-state index in [0.717, 1.165) is 41.8 Å². The summed E-state index contributed by atoms with van der Waals surface area (Å²) in [6, 6.07) is 5.91. The minimum absolute atomic E-state index is 0.497. The first kappa shape index (κ1) is 15.8. The summed E-state index contributed by atoms with van der Waals surface area (Å²) in [5.74, 6) is 1.64. The molecule has 130 valence electrons. The number of aromatic nitrogens is 6. The van der Waals surface area contributed by atoms with E-state index < -0.39 is 6.10 Å². The standard InChI is InChI=1S/C17H21N7O/c1-3-15(25)14-10-12-11-23(8-9-24(12)21-14)16-5-4-13(19-20-16)17-18-6-7-22(17)2/h4-7,10,15,25H,3,8-9,11H2,1-2H3. The summed E-state index contributed by atoms with van der Waals surface area (Å²) in [5.41, 5.74) is 2.59. The predicted octanol–water partition coefficient (Wildman–Crippen LogP) is 1.54. The van der Waals surface area contributed by atoms with Crippen molar-refractivity contribution in [2.45, 2.75) is 32.5 Å². The molecule has 1 unspecified atom stereocenters. The lowest BCUT2D eigenvalue weighted by Crippen LogP contribution is -2.34. The first-order valence-electron chi connectivity index (χ1n) is 8.46. The third-order valence-corrected chi connectivity index (χ3v) is 4.57. The quantitative estimate of drug-likeness (QED) is 0.776. The molecular formula is C17H21N7O. The Bertz CT molecular complexity index is 868. The van der Waals surface area contributed by atoms with E-state index in [0.29, 0.717) is 13.0 Å². The van der Waals surface area contributed by atoms with Crippen LogP contribution in [-0.2, 0) is 20.1 Å². The largest absolute Gasteiger partial charge is 0.387 e. The highest BCUT2D eigenvalue weighted by Gasteiger charge is 2.21. The number of anilines is 1. The van der Waals surface area contributed by atoms with Crippen LogP contribution in [0.2, 0.25) is 0 Å². The van der Waals surface area contributed by atoms with E-state index >= 15 is 0 Å². The van der Waals surface area contributed by atoms with E-state index in [1.165, 1.54) is 0 Å². The fraction of sp³-hybridized carbons (Fsp3) is 0.412. The number of aliphatic hydroxyl groups is 1. The van der Waals surface area contributed by atoms with E-state index in [2.05, 4.69) is 25.2 Å². The predicted molar refractivity (Wildman–Crippen MR) is 92.8 cm³/mol. The van der Waals surface area contributed by atoms with E-state index in [9.17, 15) is 5.11 Å². The lowest BCUT2D eigenvalue weighted by atomic mass is 10.2. The number of hydrogen-bond donors (Lipinski definition) is 1. The van der Waals surface area contributed by atoms with Gasteiger partial charge in [0.2, 0.25) is 0 Å². The third-order valence-electron chi connectivity index (χ3n) is 4.57. The maximum Gasteiger partial charge on any atom is 0.160 e. The molecule has 0 aromatic carbocycles. The van der Waals surface area contributed by atoms with Crippen molar-refractivity contribution in [2.24, 2.45) is 7.05 Å². The average Bonchev–Trinajstić information content (AvgIpc) is 3.26. The lowest BCUT2D eigenvalue weighted by Gasteiger charge is -2.28. The summed E-state index contributed by atoms with van der Waals surface area (Å²) < 4.78 is 3.89. The maximum absolute atomic E-state index is 9.99. The van der Waals surface area contributed by atoms with Gasteiger partial charge in [0, 0.05) is 26.0 Å². The Morgan fingerprint density at radius 3 is 2.80 bits per heavy atom. The fourth-order valence-corrected chi connectivity index (χ4v) is 3.08. The van der Waals surface area contributed by atoms with Crippen LogP contribution < -0.4 is 4.90 Å². The summed E-state index contributed by atoms with van der Waals surface area (Å²) in [6.07, 6.45) is 3.81. The van der Waals surface area contributed by atoms with Crippen molar-refractivity contribution in [1.29, 1.82) is 0 Å². The van der Waals surface area contributed by atoms with Crippen molar-refractivity contribution in [3.8, 4) is 11.5 Å². The zero-order chi connectivity index (χ0) is 17.4. The van der Waals surface area contributed by atoms with Gasteiger partial charge >= 0.3 is 0 Å². The molecule has 0 spiro atoms. The van der Waals surface area contributed by atoms with Crippen molar-refractivity contribution in [3.05, 3.63) is 42.0 Å². The minimum Gasteiger partial charge on any atom is -0.387 e. The fourth-order valence-electron chi connectivity index (χ4n) is 3.08. The van der Waals surface area contributed by atoms with Crippen LogP contribution in [0.1, 0.15) is 30.8 Å². The van der Waals surface area contributed by atoms with Crippen molar-refractivity contribution in [1.82, 2.24) is 29.5 Å². The van der Waals surface area contributed by atoms with Gasteiger partial charge in [-0.1, -0.05) is 6.92 Å². The number of hydrogen-bond acceptors (Lipinski definition) is 6. The van der Waals surface area contributed by atoms with E-state index in [1.54, 1.807) is 6.20 Å². The Hall–Kier alpha value is -2.74. The Kier molecular flexibility index (Phi) is 3.96. The van der Waals surface area contributed by atoms with E-state index in [-0.39, 0.29) is 0 Å². The normalized spacial score (nSPS) is 15.2. The van der Waals surface area contributed by atoms with Gasteiger partial charge in [0.25, 0.3) is 0 Å². The van der Waals surface area contributed by atoms with Gasteiger partial charge in [0.1, 0.15) is 5.69 Å². The topological polar surface area (TPSA) is 84.9 Å². The van der Waals surface area contributed by atoms with Crippen LogP contribution in [0.25, 0.3) is 11.5 Å². The molecule has 3 aromatic rings. The molecule has 0 saturated carbocycles. The smallest absolute Gasteiger partial charge is 0.160 e. The first-order valence-corrected chi connectivity index (χ1v) is 8.46. The monoisotopic (exact) mass is 339 g/mol. The molecule has 8 nitrogen and oxygen atoms in total. The number of aliphatic hydroxyl groups excluding tert-OH is 1. The highest BCUT2D eigenvalue weighted by atomic mass is 16.3. The summed E-state index contributed by atoms with van der Waals surface area (Å²) in [4.78, 5) is 6.47. The van der Waals surface area contributed by atoms with Crippen LogP contribution in [0.15, 0.2) is 30.6 Å². The molecule has 0 bridgehead atoms. The molecule has 0 fully saturated rings. The number of nitrogens with zero attached hydrogens (tertiary/aromatic N) is 7. The minimum atomic E-state index is -0.497. The first-order chi connectivity index (χ1) is 12.2. The van der Waals surface area contributed by atoms with Gasteiger partial charge in [-0.15, -0.1) is 10.2 Å². The molecule has 0 aliphatic carbocycles. The highest BCUT2D eigenvalue weighted by Crippen LogP contribution is 2.23. The van der Waals surface area contributed by atoms with Crippen molar-refractivity contribution in [3.63, 3.8) is 0 Å². The molecule has 1 atom stereocenters. The molecule has 4 rings (SSSR count). The third kappa shape index (κ3) is 2.89. The molecule has 1 aliphatic heterocycles. The molecule has 0 amide bonds. The van der Waals surface area contributed by atoms with Crippen LogP contribution in [0, 0.1) is 0 Å². The molecule has 8 heteroatoms. The Morgan fingerprint density at radius 1 is 1.24 bits per heavy atom. The molecule has 0 radical (unpaired) electrons. The van der Waals surface area contributed by atoms with Crippen LogP contribution in [0.3, 0.4) is 0 Å². The van der Waals surface area contributed by atoms with E-state index in [4.69, 9.17) is 0 Å². The van der Waals surface area contributed by atoms with Crippen LogP contribution in [0.4, 0.5) is 5.82 Å². The SMILES string of the molecule is CCC(O)c1cc2n(n1)CCN(c1ccc(-c3nccn3C)nn1)C2. The number of imidazole rings is 1. The zero-order valence-corrected chi connectivity index (χ0v) is 14.4.